The lowest BCUT2D eigenvalue weighted by atomic mass is 9.87. The van der Waals surface area contributed by atoms with Gasteiger partial charge in [-0.15, -0.1) is 0 Å². The van der Waals surface area contributed by atoms with Gasteiger partial charge in [0.15, 0.2) is 0 Å². The SMILES string of the molecule is CCNc1cc(N(C)C(C)C(C)(C)C)nc(C(F)(F)F)n1. The summed E-state index contributed by atoms with van der Waals surface area (Å²) in [6.45, 7) is 10.4. The molecule has 0 aromatic carbocycles. The summed E-state index contributed by atoms with van der Waals surface area (Å²) in [7, 11) is 1.74. The van der Waals surface area contributed by atoms with Crippen LogP contribution in [0.2, 0.25) is 0 Å². The van der Waals surface area contributed by atoms with E-state index in [0.717, 1.165) is 0 Å². The maximum Gasteiger partial charge on any atom is 0.451 e. The van der Waals surface area contributed by atoms with Crippen LogP contribution in [0, 0.1) is 5.41 Å². The number of anilines is 2. The molecule has 0 aliphatic heterocycles. The summed E-state index contributed by atoms with van der Waals surface area (Å²) in [4.78, 5) is 8.94. The first-order valence-electron chi connectivity index (χ1n) is 6.89. The molecule has 1 rings (SSSR count). The highest BCUT2D eigenvalue weighted by atomic mass is 19.4. The van der Waals surface area contributed by atoms with Crippen LogP contribution in [0.5, 0.6) is 0 Å². The predicted octanol–water partition coefficient (Wildman–Crippen LogP) is 3.80. The monoisotopic (exact) mass is 304 g/mol. The third-order valence-electron chi connectivity index (χ3n) is 3.52. The Balaban J connectivity index is 3.25. The molecule has 0 amide bonds. The van der Waals surface area contributed by atoms with E-state index in [1.54, 1.807) is 24.9 Å². The van der Waals surface area contributed by atoms with Gasteiger partial charge in [0.2, 0.25) is 5.82 Å². The highest BCUT2D eigenvalue weighted by Gasteiger charge is 2.36. The Hall–Kier alpha value is -1.53. The van der Waals surface area contributed by atoms with E-state index in [1.165, 1.54) is 0 Å². The zero-order chi connectivity index (χ0) is 16.4. The lowest BCUT2D eigenvalue weighted by Gasteiger charge is -2.36. The molecule has 1 heterocycles. The summed E-state index contributed by atoms with van der Waals surface area (Å²) < 4.78 is 38.7. The standard InChI is InChI=1S/C14H23F3N4/c1-7-18-10-8-11(20-12(19-10)14(15,16)17)21(6)9(2)13(3,4)5/h8-9H,7H2,1-6H3,(H,18,19,20). The first-order valence-corrected chi connectivity index (χ1v) is 6.89. The lowest BCUT2D eigenvalue weighted by molar-refractivity contribution is -0.144. The van der Waals surface area contributed by atoms with Gasteiger partial charge in [-0.25, -0.2) is 9.97 Å². The molecule has 0 radical (unpaired) electrons. The summed E-state index contributed by atoms with van der Waals surface area (Å²) in [6.07, 6.45) is -4.56. The van der Waals surface area contributed by atoms with Crippen molar-refractivity contribution in [3.63, 3.8) is 0 Å². The molecule has 1 atom stereocenters. The molecular weight excluding hydrogens is 281 g/mol. The van der Waals surface area contributed by atoms with Gasteiger partial charge in [0.1, 0.15) is 11.6 Å². The smallest absolute Gasteiger partial charge is 0.370 e. The third-order valence-corrected chi connectivity index (χ3v) is 3.52. The average Bonchev–Trinajstić information content (AvgIpc) is 2.35. The largest absolute Gasteiger partial charge is 0.451 e. The molecule has 1 unspecified atom stereocenters. The summed E-state index contributed by atoms with van der Waals surface area (Å²) >= 11 is 0. The van der Waals surface area contributed by atoms with Crippen molar-refractivity contribution in [2.24, 2.45) is 5.41 Å². The fraction of sp³-hybridized carbons (Fsp3) is 0.714. The molecule has 0 saturated carbocycles. The van der Waals surface area contributed by atoms with Crippen molar-refractivity contribution in [2.75, 3.05) is 23.8 Å². The highest BCUT2D eigenvalue weighted by Crippen LogP contribution is 2.31. The molecule has 1 N–H and O–H groups in total. The van der Waals surface area contributed by atoms with E-state index in [9.17, 15) is 13.2 Å². The predicted molar refractivity (Wildman–Crippen MR) is 78.5 cm³/mol. The number of hydrogen-bond acceptors (Lipinski definition) is 4. The van der Waals surface area contributed by atoms with E-state index in [1.807, 2.05) is 27.7 Å². The maximum absolute atomic E-state index is 12.9. The summed E-state index contributed by atoms with van der Waals surface area (Å²) in [5, 5.41) is 2.82. The molecule has 0 saturated heterocycles. The van der Waals surface area contributed by atoms with Gasteiger partial charge in [0.05, 0.1) is 0 Å². The zero-order valence-electron chi connectivity index (χ0n) is 13.3. The normalized spacial score (nSPS) is 14.0. The maximum atomic E-state index is 12.9. The Morgan fingerprint density at radius 2 is 1.81 bits per heavy atom. The van der Waals surface area contributed by atoms with Gasteiger partial charge in [-0.2, -0.15) is 13.2 Å². The van der Waals surface area contributed by atoms with Crippen molar-refractivity contribution in [1.82, 2.24) is 9.97 Å². The van der Waals surface area contributed by atoms with Crippen molar-refractivity contribution in [1.29, 1.82) is 0 Å². The molecule has 21 heavy (non-hydrogen) atoms. The zero-order valence-corrected chi connectivity index (χ0v) is 13.3. The van der Waals surface area contributed by atoms with Crippen LogP contribution < -0.4 is 10.2 Å². The van der Waals surface area contributed by atoms with Gasteiger partial charge < -0.3 is 10.2 Å². The fourth-order valence-electron chi connectivity index (χ4n) is 1.79. The first kappa shape index (κ1) is 17.5. The summed E-state index contributed by atoms with van der Waals surface area (Å²) in [6, 6.07) is 1.56. The minimum Gasteiger partial charge on any atom is -0.370 e. The topological polar surface area (TPSA) is 41.0 Å². The Bertz CT molecular complexity index is 480. The molecular formula is C14H23F3N4. The Morgan fingerprint density at radius 1 is 1.24 bits per heavy atom. The number of halogens is 3. The molecule has 0 aliphatic carbocycles. The van der Waals surface area contributed by atoms with Crippen LogP contribution in [0.3, 0.4) is 0 Å². The van der Waals surface area contributed by atoms with Gasteiger partial charge >= 0.3 is 6.18 Å². The van der Waals surface area contributed by atoms with Crippen LogP contribution in [0.4, 0.5) is 24.8 Å². The number of nitrogens with one attached hydrogen (secondary N) is 1. The second-order valence-electron chi connectivity index (χ2n) is 6.12. The Labute approximate surface area is 123 Å². The number of aromatic nitrogens is 2. The molecule has 1 aromatic rings. The van der Waals surface area contributed by atoms with Gasteiger partial charge in [-0.3, -0.25) is 0 Å². The lowest BCUT2D eigenvalue weighted by Crippen LogP contribution is -2.40. The van der Waals surface area contributed by atoms with Crippen LogP contribution in [-0.2, 0) is 6.18 Å². The number of nitrogens with zero attached hydrogens (tertiary/aromatic N) is 3. The molecule has 7 heteroatoms. The van der Waals surface area contributed by atoms with E-state index in [-0.39, 0.29) is 23.1 Å². The van der Waals surface area contributed by atoms with Crippen LogP contribution in [0.1, 0.15) is 40.4 Å². The quantitative estimate of drug-likeness (QED) is 0.918. The van der Waals surface area contributed by atoms with Crippen LogP contribution in [0.25, 0.3) is 0 Å². The molecule has 0 bridgehead atoms. The minimum atomic E-state index is -4.56. The van der Waals surface area contributed by atoms with Crippen molar-refractivity contribution < 1.29 is 13.2 Å². The Kier molecular flexibility index (Phi) is 5.07. The summed E-state index contributed by atoms with van der Waals surface area (Å²) in [5.41, 5.74) is -0.0869. The number of hydrogen-bond donors (Lipinski definition) is 1. The van der Waals surface area contributed by atoms with Gasteiger partial charge in [-0.05, 0) is 19.3 Å². The summed E-state index contributed by atoms with van der Waals surface area (Å²) in [5.74, 6) is -0.678. The van der Waals surface area contributed by atoms with Crippen molar-refractivity contribution >= 4 is 11.6 Å². The molecule has 0 aliphatic rings. The highest BCUT2D eigenvalue weighted by molar-refractivity contribution is 5.50. The van der Waals surface area contributed by atoms with Crippen molar-refractivity contribution in [3.8, 4) is 0 Å². The molecule has 1 aromatic heterocycles. The van der Waals surface area contributed by atoms with E-state index in [4.69, 9.17) is 0 Å². The van der Waals surface area contributed by atoms with Crippen LogP contribution in [0.15, 0.2) is 6.07 Å². The first-order chi connectivity index (χ1) is 9.46. The second kappa shape index (κ2) is 6.07. The second-order valence-corrected chi connectivity index (χ2v) is 6.12. The molecule has 0 spiro atoms. The van der Waals surface area contributed by atoms with E-state index in [0.29, 0.717) is 6.54 Å². The van der Waals surface area contributed by atoms with Crippen molar-refractivity contribution in [2.45, 2.75) is 46.8 Å². The van der Waals surface area contributed by atoms with Gasteiger partial charge in [-0.1, -0.05) is 20.8 Å². The minimum absolute atomic E-state index is 0.0166. The fourth-order valence-corrected chi connectivity index (χ4v) is 1.79. The molecule has 4 nitrogen and oxygen atoms in total. The average molecular weight is 304 g/mol. The Morgan fingerprint density at radius 3 is 2.24 bits per heavy atom. The van der Waals surface area contributed by atoms with E-state index in [2.05, 4.69) is 15.3 Å². The number of alkyl halides is 3. The van der Waals surface area contributed by atoms with Crippen molar-refractivity contribution in [3.05, 3.63) is 11.9 Å². The molecule has 120 valence electrons. The van der Waals surface area contributed by atoms with E-state index < -0.39 is 12.0 Å². The van der Waals surface area contributed by atoms with Gasteiger partial charge in [0.25, 0.3) is 0 Å². The van der Waals surface area contributed by atoms with Crippen LogP contribution >= 0.6 is 0 Å². The van der Waals surface area contributed by atoms with Gasteiger partial charge in [0, 0.05) is 25.7 Å². The molecule has 0 fully saturated rings. The number of rotatable bonds is 4. The van der Waals surface area contributed by atoms with Crippen LogP contribution in [-0.4, -0.2) is 29.6 Å². The van der Waals surface area contributed by atoms with E-state index >= 15 is 0 Å². The third kappa shape index (κ3) is 4.47.